The molecule has 2 rings (SSSR count). The van der Waals surface area contributed by atoms with Crippen molar-refractivity contribution in [3.63, 3.8) is 0 Å². The predicted molar refractivity (Wildman–Crippen MR) is 78.4 cm³/mol. The smallest absolute Gasteiger partial charge is 0.0762 e. The molecule has 0 spiro atoms. The number of halogens is 1. The molecule has 2 aromatic rings. The van der Waals surface area contributed by atoms with Crippen LogP contribution < -0.4 is 4.90 Å². The Morgan fingerprint density at radius 3 is 2.53 bits per heavy atom. The van der Waals surface area contributed by atoms with Gasteiger partial charge >= 0.3 is 0 Å². The van der Waals surface area contributed by atoms with Crippen LogP contribution in [0.25, 0.3) is 0 Å². The van der Waals surface area contributed by atoms with Gasteiger partial charge in [0.2, 0.25) is 0 Å². The van der Waals surface area contributed by atoms with Gasteiger partial charge in [-0.15, -0.1) is 0 Å². The van der Waals surface area contributed by atoms with Crippen molar-refractivity contribution in [2.24, 2.45) is 0 Å². The highest BCUT2D eigenvalue weighted by molar-refractivity contribution is 6.33. The number of pyridine rings is 1. The zero-order valence-electron chi connectivity index (χ0n) is 11.0. The summed E-state index contributed by atoms with van der Waals surface area (Å²) in [6.45, 7) is 2.49. The third kappa shape index (κ3) is 3.46. The molecule has 4 heteroatoms. The van der Waals surface area contributed by atoms with Gasteiger partial charge in [-0.3, -0.25) is 4.98 Å². The van der Waals surface area contributed by atoms with E-state index in [1.54, 1.807) is 19.3 Å². The van der Waals surface area contributed by atoms with Crippen LogP contribution in [0.1, 0.15) is 24.2 Å². The average molecular weight is 277 g/mol. The molecular formula is C15H17ClN2O. The molecule has 0 aliphatic heterocycles. The third-order valence-electron chi connectivity index (χ3n) is 3.03. The molecule has 0 aliphatic rings. The van der Waals surface area contributed by atoms with Gasteiger partial charge in [0.1, 0.15) is 0 Å². The lowest BCUT2D eigenvalue weighted by atomic mass is 10.1. The van der Waals surface area contributed by atoms with Crippen molar-refractivity contribution in [1.29, 1.82) is 0 Å². The second kappa shape index (κ2) is 6.04. The van der Waals surface area contributed by atoms with E-state index in [4.69, 9.17) is 11.6 Å². The molecule has 19 heavy (non-hydrogen) atoms. The van der Waals surface area contributed by atoms with Crippen molar-refractivity contribution in [2.75, 3.05) is 11.9 Å². The molecule has 1 aromatic carbocycles. The number of aliphatic hydroxyl groups excluding tert-OH is 1. The Morgan fingerprint density at radius 1 is 1.26 bits per heavy atom. The maximum absolute atomic E-state index is 9.53. The summed E-state index contributed by atoms with van der Waals surface area (Å²) in [4.78, 5) is 6.07. The van der Waals surface area contributed by atoms with Crippen LogP contribution in [0.4, 0.5) is 5.69 Å². The van der Waals surface area contributed by atoms with Crippen molar-refractivity contribution in [1.82, 2.24) is 4.98 Å². The summed E-state index contributed by atoms with van der Waals surface area (Å²) in [6, 6.07) is 9.61. The molecule has 1 atom stereocenters. The zero-order chi connectivity index (χ0) is 13.8. The van der Waals surface area contributed by atoms with Crippen molar-refractivity contribution < 1.29 is 5.11 Å². The molecule has 1 N–H and O–H groups in total. The molecule has 0 bridgehead atoms. The lowest BCUT2D eigenvalue weighted by Gasteiger charge is -2.21. The number of hydrogen-bond acceptors (Lipinski definition) is 3. The van der Waals surface area contributed by atoms with Gasteiger partial charge < -0.3 is 10.0 Å². The number of rotatable bonds is 4. The summed E-state index contributed by atoms with van der Waals surface area (Å²) >= 11 is 6.27. The second-order valence-corrected chi connectivity index (χ2v) is 5.01. The molecule has 0 aliphatic carbocycles. The van der Waals surface area contributed by atoms with Crippen molar-refractivity contribution in [2.45, 2.75) is 19.6 Å². The molecule has 1 heterocycles. The first-order chi connectivity index (χ1) is 9.08. The molecule has 0 radical (unpaired) electrons. The SMILES string of the molecule is C[C@@H](O)c1ccc(N(C)Cc2ccncc2)c(Cl)c1. The Kier molecular flexibility index (Phi) is 4.40. The summed E-state index contributed by atoms with van der Waals surface area (Å²) in [6.07, 6.45) is 3.06. The van der Waals surface area contributed by atoms with Crippen LogP contribution in [0.5, 0.6) is 0 Å². The maximum atomic E-state index is 9.53. The topological polar surface area (TPSA) is 36.4 Å². The van der Waals surface area contributed by atoms with Crippen molar-refractivity contribution >= 4 is 17.3 Å². The number of aromatic nitrogens is 1. The maximum Gasteiger partial charge on any atom is 0.0762 e. The minimum Gasteiger partial charge on any atom is -0.389 e. The highest BCUT2D eigenvalue weighted by atomic mass is 35.5. The van der Waals surface area contributed by atoms with E-state index in [0.29, 0.717) is 5.02 Å². The van der Waals surface area contributed by atoms with Crippen LogP contribution in [0.15, 0.2) is 42.7 Å². The molecule has 0 amide bonds. The second-order valence-electron chi connectivity index (χ2n) is 4.60. The average Bonchev–Trinajstić information content (AvgIpc) is 2.39. The van der Waals surface area contributed by atoms with E-state index >= 15 is 0 Å². The quantitative estimate of drug-likeness (QED) is 0.929. The Balaban J connectivity index is 2.17. The van der Waals surface area contributed by atoms with Crippen LogP contribution in [-0.4, -0.2) is 17.1 Å². The van der Waals surface area contributed by atoms with E-state index in [9.17, 15) is 5.11 Å². The molecular weight excluding hydrogens is 260 g/mol. The summed E-state index contributed by atoms with van der Waals surface area (Å²) < 4.78 is 0. The van der Waals surface area contributed by atoms with Gasteiger partial charge in [0.15, 0.2) is 0 Å². The Morgan fingerprint density at radius 2 is 1.95 bits per heavy atom. The largest absolute Gasteiger partial charge is 0.389 e. The molecule has 100 valence electrons. The standard InChI is InChI=1S/C15H17ClN2O/c1-11(19)13-3-4-15(14(16)9-13)18(2)10-12-5-7-17-8-6-12/h3-9,11,19H,10H2,1-2H3/t11-/m1/s1. The molecule has 1 aromatic heterocycles. The number of hydrogen-bond donors (Lipinski definition) is 1. The van der Waals surface area contributed by atoms with Crippen molar-refractivity contribution in [3.8, 4) is 0 Å². The van der Waals surface area contributed by atoms with Crippen molar-refractivity contribution in [3.05, 3.63) is 58.9 Å². The minimum atomic E-state index is -0.503. The zero-order valence-corrected chi connectivity index (χ0v) is 11.8. The van der Waals surface area contributed by atoms with Crippen LogP contribution in [-0.2, 0) is 6.54 Å². The fraction of sp³-hybridized carbons (Fsp3) is 0.267. The first kappa shape index (κ1) is 13.8. The Bertz CT molecular complexity index is 543. The van der Waals surface area contributed by atoms with Gasteiger partial charge in [-0.1, -0.05) is 17.7 Å². The number of benzene rings is 1. The minimum absolute atomic E-state index is 0.503. The van der Waals surface area contributed by atoms with Crippen LogP contribution in [0.3, 0.4) is 0 Å². The monoisotopic (exact) mass is 276 g/mol. The fourth-order valence-corrected chi connectivity index (χ4v) is 2.27. The van der Waals surface area contributed by atoms with Gasteiger partial charge in [0, 0.05) is 26.0 Å². The third-order valence-corrected chi connectivity index (χ3v) is 3.34. The Labute approximate surface area is 118 Å². The lowest BCUT2D eigenvalue weighted by molar-refractivity contribution is 0.199. The van der Waals surface area contributed by atoms with E-state index in [-0.39, 0.29) is 0 Å². The van der Waals surface area contributed by atoms with E-state index < -0.39 is 6.10 Å². The molecule has 0 saturated carbocycles. The molecule has 3 nitrogen and oxygen atoms in total. The van der Waals surface area contributed by atoms with E-state index in [2.05, 4.69) is 9.88 Å². The normalized spacial score (nSPS) is 12.2. The van der Waals surface area contributed by atoms with Crippen LogP contribution >= 0.6 is 11.6 Å². The first-order valence-electron chi connectivity index (χ1n) is 6.15. The molecule has 0 fully saturated rings. The highest BCUT2D eigenvalue weighted by Crippen LogP contribution is 2.29. The van der Waals surface area contributed by atoms with Crippen LogP contribution in [0.2, 0.25) is 5.02 Å². The summed E-state index contributed by atoms with van der Waals surface area (Å²) in [7, 11) is 1.99. The summed E-state index contributed by atoms with van der Waals surface area (Å²) in [5.74, 6) is 0. The number of aliphatic hydroxyl groups is 1. The van der Waals surface area contributed by atoms with Gasteiger partial charge in [-0.2, -0.15) is 0 Å². The highest BCUT2D eigenvalue weighted by Gasteiger charge is 2.09. The number of anilines is 1. The number of nitrogens with zero attached hydrogens (tertiary/aromatic N) is 2. The predicted octanol–water partition coefficient (Wildman–Crippen LogP) is 3.42. The van der Waals surface area contributed by atoms with E-state index in [1.165, 1.54) is 5.56 Å². The first-order valence-corrected chi connectivity index (χ1v) is 6.53. The fourth-order valence-electron chi connectivity index (χ4n) is 1.94. The van der Waals surface area contributed by atoms with Gasteiger partial charge in [-0.25, -0.2) is 0 Å². The van der Waals surface area contributed by atoms with Crippen LogP contribution in [0, 0.1) is 0 Å². The van der Waals surface area contributed by atoms with Gasteiger partial charge in [0.05, 0.1) is 16.8 Å². The summed E-state index contributed by atoms with van der Waals surface area (Å²) in [5, 5.41) is 10.2. The molecule has 0 saturated heterocycles. The van der Waals surface area contributed by atoms with Gasteiger partial charge in [-0.05, 0) is 42.3 Å². The van der Waals surface area contributed by atoms with Gasteiger partial charge in [0.25, 0.3) is 0 Å². The lowest BCUT2D eigenvalue weighted by Crippen LogP contribution is -2.16. The van der Waals surface area contributed by atoms with E-state index in [1.807, 2.05) is 37.4 Å². The summed E-state index contributed by atoms with van der Waals surface area (Å²) in [5.41, 5.74) is 2.95. The van der Waals surface area contributed by atoms with E-state index in [0.717, 1.165) is 17.8 Å². The molecule has 0 unspecified atom stereocenters. The Hall–Kier alpha value is -1.58.